The lowest BCUT2D eigenvalue weighted by atomic mass is 10.1. The SMILES string of the molecule is O=C1CCCCCN1CCCOCN1CCCCC1=O. The number of carbonyl (C=O) groups excluding carboxylic acids is 2. The van der Waals surface area contributed by atoms with Crippen molar-refractivity contribution in [3.8, 4) is 0 Å². The van der Waals surface area contributed by atoms with Crippen LogP contribution in [0.15, 0.2) is 0 Å². The molecule has 2 heterocycles. The van der Waals surface area contributed by atoms with E-state index < -0.39 is 0 Å². The Labute approximate surface area is 121 Å². The van der Waals surface area contributed by atoms with Crippen molar-refractivity contribution in [2.24, 2.45) is 0 Å². The van der Waals surface area contributed by atoms with E-state index in [1.807, 2.05) is 4.90 Å². The second kappa shape index (κ2) is 8.25. The van der Waals surface area contributed by atoms with Gasteiger partial charge in [-0.25, -0.2) is 0 Å². The van der Waals surface area contributed by atoms with E-state index in [1.54, 1.807) is 4.90 Å². The third-order valence-electron chi connectivity index (χ3n) is 4.06. The molecule has 2 aliphatic rings. The molecule has 0 radical (unpaired) electrons. The van der Waals surface area contributed by atoms with Gasteiger partial charge in [0, 0.05) is 32.5 Å². The number of piperidine rings is 1. The summed E-state index contributed by atoms with van der Waals surface area (Å²) in [6.07, 6.45) is 7.61. The maximum atomic E-state index is 11.8. The van der Waals surface area contributed by atoms with Crippen LogP contribution in [0.25, 0.3) is 0 Å². The van der Waals surface area contributed by atoms with E-state index in [-0.39, 0.29) is 11.8 Å². The summed E-state index contributed by atoms with van der Waals surface area (Å²) in [7, 11) is 0. The highest BCUT2D eigenvalue weighted by Crippen LogP contribution is 2.12. The lowest BCUT2D eigenvalue weighted by molar-refractivity contribution is -0.139. The Hall–Kier alpha value is -1.10. The molecular weight excluding hydrogens is 256 g/mol. The zero-order valence-corrected chi connectivity index (χ0v) is 12.3. The Morgan fingerprint density at radius 1 is 0.850 bits per heavy atom. The highest BCUT2D eigenvalue weighted by Gasteiger charge is 2.18. The zero-order valence-electron chi connectivity index (χ0n) is 12.3. The monoisotopic (exact) mass is 282 g/mol. The number of carbonyl (C=O) groups is 2. The molecule has 2 saturated heterocycles. The minimum atomic E-state index is 0.207. The van der Waals surface area contributed by atoms with Crippen molar-refractivity contribution < 1.29 is 14.3 Å². The molecule has 0 bridgehead atoms. The third-order valence-corrected chi connectivity index (χ3v) is 4.06. The molecule has 2 rings (SSSR count). The average molecular weight is 282 g/mol. The molecule has 114 valence electrons. The van der Waals surface area contributed by atoms with E-state index in [2.05, 4.69) is 0 Å². The number of rotatable bonds is 6. The van der Waals surface area contributed by atoms with Crippen LogP contribution < -0.4 is 0 Å². The van der Waals surface area contributed by atoms with Crippen molar-refractivity contribution >= 4 is 11.8 Å². The van der Waals surface area contributed by atoms with Gasteiger partial charge in [0.15, 0.2) is 0 Å². The zero-order chi connectivity index (χ0) is 14.2. The van der Waals surface area contributed by atoms with E-state index in [4.69, 9.17) is 4.74 Å². The Bertz CT molecular complexity index is 333. The number of hydrogen-bond acceptors (Lipinski definition) is 3. The lowest BCUT2D eigenvalue weighted by Gasteiger charge is -2.26. The van der Waals surface area contributed by atoms with Gasteiger partial charge in [0.05, 0.1) is 6.61 Å². The predicted octanol–water partition coefficient (Wildman–Crippen LogP) is 1.77. The first-order chi connectivity index (χ1) is 9.77. The molecule has 5 nitrogen and oxygen atoms in total. The summed E-state index contributed by atoms with van der Waals surface area (Å²) < 4.78 is 5.57. The van der Waals surface area contributed by atoms with Crippen LogP contribution in [0.1, 0.15) is 51.4 Å². The summed E-state index contributed by atoms with van der Waals surface area (Å²) in [5.74, 6) is 0.493. The second-order valence-electron chi connectivity index (χ2n) is 5.70. The molecule has 0 aromatic heterocycles. The number of hydrogen-bond donors (Lipinski definition) is 0. The summed E-state index contributed by atoms with van der Waals surface area (Å²) in [4.78, 5) is 27.1. The Balaban J connectivity index is 1.56. The molecule has 2 amide bonds. The van der Waals surface area contributed by atoms with Crippen molar-refractivity contribution in [1.29, 1.82) is 0 Å². The number of nitrogens with zero attached hydrogens (tertiary/aromatic N) is 2. The standard InChI is InChI=1S/C15H26N2O3/c18-14-7-2-1-4-9-16(14)11-6-12-20-13-17-10-5-3-8-15(17)19/h1-13H2. The van der Waals surface area contributed by atoms with Crippen LogP contribution in [0, 0.1) is 0 Å². The Kier molecular flexibility index (Phi) is 6.30. The summed E-state index contributed by atoms with van der Waals surface area (Å²) in [6, 6.07) is 0. The molecule has 20 heavy (non-hydrogen) atoms. The predicted molar refractivity (Wildman–Crippen MR) is 76.0 cm³/mol. The fourth-order valence-corrected chi connectivity index (χ4v) is 2.81. The summed E-state index contributed by atoms with van der Waals surface area (Å²) in [5, 5.41) is 0. The quantitative estimate of drug-likeness (QED) is 0.698. The Morgan fingerprint density at radius 3 is 2.30 bits per heavy atom. The van der Waals surface area contributed by atoms with Crippen molar-refractivity contribution in [3.63, 3.8) is 0 Å². The minimum absolute atomic E-state index is 0.207. The summed E-state index contributed by atoms with van der Waals surface area (Å²) in [6.45, 7) is 3.53. The van der Waals surface area contributed by atoms with Gasteiger partial charge in [-0.3, -0.25) is 9.59 Å². The van der Waals surface area contributed by atoms with Crippen LogP contribution >= 0.6 is 0 Å². The summed E-state index contributed by atoms with van der Waals surface area (Å²) >= 11 is 0. The lowest BCUT2D eigenvalue weighted by Crippen LogP contribution is -2.37. The topological polar surface area (TPSA) is 49.9 Å². The number of ether oxygens (including phenoxy) is 1. The molecule has 0 saturated carbocycles. The first kappa shape index (κ1) is 15.3. The molecule has 0 aliphatic carbocycles. The molecule has 0 aromatic carbocycles. The van der Waals surface area contributed by atoms with Crippen molar-refractivity contribution in [2.75, 3.05) is 33.0 Å². The highest BCUT2D eigenvalue weighted by molar-refractivity contribution is 5.76. The Morgan fingerprint density at radius 2 is 1.50 bits per heavy atom. The van der Waals surface area contributed by atoms with Crippen LogP contribution in [0.3, 0.4) is 0 Å². The van der Waals surface area contributed by atoms with Crippen LogP contribution in [-0.4, -0.2) is 54.6 Å². The van der Waals surface area contributed by atoms with E-state index in [1.165, 1.54) is 0 Å². The first-order valence-electron chi connectivity index (χ1n) is 7.90. The fraction of sp³-hybridized carbons (Fsp3) is 0.867. The normalized spacial score (nSPS) is 21.2. The smallest absolute Gasteiger partial charge is 0.224 e. The summed E-state index contributed by atoms with van der Waals surface area (Å²) in [5.41, 5.74) is 0. The average Bonchev–Trinajstić information content (AvgIpc) is 2.65. The van der Waals surface area contributed by atoms with Gasteiger partial charge in [-0.15, -0.1) is 0 Å². The van der Waals surface area contributed by atoms with Gasteiger partial charge in [-0.1, -0.05) is 6.42 Å². The van der Waals surface area contributed by atoms with Crippen LogP contribution in [0.2, 0.25) is 0 Å². The second-order valence-corrected chi connectivity index (χ2v) is 5.70. The van der Waals surface area contributed by atoms with Crippen LogP contribution in [-0.2, 0) is 14.3 Å². The number of likely N-dealkylation sites (tertiary alicyclic amines) is 2. The van der Waals surface area contributed by atoms with E-state index in [0.29, 0.717) is 26.2 Å². The van der Waals surface area contributed by atoms with Crippen molar-refractivity contribution in [3.05, 3.63) is 0 Å². The maximum Gasteiger partial charge on any atom is 0.224 e. The molecule has 2 aliphatic heterocycles. The van der Waals surface area contributed by atoms with E-state index >= 15 is 0 Å². The number of amides is 2. The van der Waals surface area contributed by atoms with Gasteiger partial charge in [0.1, 0.15) is 6.73 Å². The largest absolute Gasteiger partial charge is 0.361 e. The van der Waals surface area contributed by atoms with Crippen molar-refractivity contribution in [1.82, 2.24) is 9.80 Å². The molecular formula is C15H26N2O3. The van der Waals surface area contributed by atoms with E-state index in [9.17, 15) is 9.59 Å². The maximum absolute atomic E-state index is 11.8. The molecule has 2 fully saturated rings. The van der Waals surface area contributed by atoms with Crippen LogP contribution in [0.5, 0.6) is 0 Å². The van der Waals surface area contributed by atoms with E-state index in [0.717, 1.165) is 58.2 Å². The van der Waals surface area contributed by atoms with Gasteiger partial charge in [-0.05, 0) is 32.1 Å². The molecule has 0 unspecified atom stereocenters. The van der Waals surface area contributed by atoms with Gasteiger partial charge in [-0.2, -0.15) is 0 Å². The first-order valence-corrected chi connectivity index (χ1v) is 7.90. The molecule has 0 atom stereocenters. The van der Waals surface area contributed by atoms with Crippen molar-refractivity contribution in [2.45, 2.75) is 51.4 Å². The van der Waals surface area contributed by atoms with Gasteiger partial charge >= 0.3 is 0 Å². The highest BCUT2D eigenvalue weighted by atomic mass is 16.5. The fourth-order valence-electron chi connectivity index (χ4n) is 2.81. The third kappa shape index (κ3) is 4.78. The molecule has 5 heteroatoms. The van der Waals surface area contributed by atoms with Gasteiger partial charge in [0.25, 0.3) is 0 Å². The molecule has 0 aromatic rings. The minimum Gasteiger partial charge on any atom is -0.361 e. The van der Waals surface area contributed by atoms with Crippen LogP contribution in [0.4, 0.5) is 0 Å². The van der Waals surface area contributed by atoms with Gasteiger partial charge in [0.2, 0.25) is 11.8 Å². The van der Waals surface area contributed by atoms with Gasteiger partial charge < -0.3 is 14.5 Å². The molecule has 0 N–H and O–H groups in total. The molecule has 0 spiro atoms.